The zero-order valence-electron chi connectivity index (χ0n) is 11.4. The van der Waals surface area contributed by atoms with Crippen molar-refractivity contribution in [3.8, 4) is 0 Å². The molecular weight excluding hydrogens is 314 g/mol. The van der Waals surface area contributed by atoms with Crippen LogP contribution in [0.15, 0.2) is 41.3 Å². The van der Waals surface area contributed by atoms with Gasteiger partial charge in [0, 0.05) is 11.8 Å². The maximum atomic E-state index is 13.9. The predicted molar refractivity (Wildman–Crippen MR) is 78.6 cm³/mol. The molecular formula is C14H12F2N2O3S. The number of benzene rings is 2. The third-order valence-corrected chi connectivity index (χ3v) is 3.86. The smallest absolute Gasteiger partial charge is 0.340 e. The van der Waals surface area contributed by atoms with E-state index in [-0.39, 0.29) is 5.69 Å². The molecule has 0 aliphatic heterocycles. The summed E-state index contributed by atoms with van der Waals surface area (Å²) in [5.41, 5.74) is 5.12. The number of nitrogens with two attached hydrogens (primary N) is 1. The number of nitrogen functional groups attached to an aromatic ring is 1. The number of anilines is 2. The molecule has 116 valence electrons. The molecule has 5 nitrogen and oxygen atoms in total. The van der Waals surface area contributed by atoms with E-state index in [0.29, 0.717) is 16.6 Å². The summed E-state index contributed by atoms with van der Waals surface area (Å²) in [6.45, 7) is 0. The van der Waals surface area contributed by atoms with Gasteiger partial charge in [-0.2, -0.15) is 0 Å². The highest BCUT2D eigenvalue weighted by Gasteiger charge is 2.17. The highest BCUT2D eigenvalue weighted by Crippen LogP contribution is 2.22. The van der Waals surface area contributed by atoms with Crippen molar-refractivity contribution in [2.24, 2.45) is 0 Å². The lowest BCUT2D eigenvalue weighted by molar-refractivity contribution is 0.0595. The van der Waals surface area contributed by atoms with Crippen LogP contribution in [-0.2, 0) is 15.7 Å². The van der Waals surface area contributed by atoms with Gasteiger partial charge in [0.05, 0.1) is 23.3 Å². The van der Waals surface area contributed by atoms with Crippen LogP contribution in [0.1, 0.15) is 10.4 Å². The molecule has 3 N–H and O–H groups in total. The largest absolute Gasteiger partial charge is 0.465 e. The number of hydrogen-bond donors (Lipinski definition) is 2. The molecule has 1 unspecified atom stereocenters. The lowest BCUT2D eigenvalue weighted by Crippen LogP contribution is -2.10. The van der Waals surface area contributed by atoms with Gasteiger partial charge in [0.15, 0.2) is 0 Å². The molecule has 1 atom stereocenters. The van der Waals surface area contributed by atoms with Gasteiger partial charge >= 0.3 is 5.97 Å². The number of carbonyl (C=O) groups is 1. The molecule has 0 aliphatic carbocycles. The van der Waals surface area contributed by atoms with Crippen LogP contribution in [0, 0.1) is 11.6 Å². The van der Waals surface area contributed by atoms with Crippen LogP contribution in [0.4, 0.5) is 20.2 Å². The van der Waals surface area contributed by atoms with E-state index in [9.17, 15) is 17.8 Å². The summed E-state index contributed by atoms with van der Waals surface area (Å²) in [4.78, 5) is 11.6. The van der Waals surface area contributed by atoms with Crippen molar-refractivity contribution in [1.82, 2.24) is 0 Å². The van der Waals surface area contributed by atoms with Crippen LogP contribution in [0.3, 0.4) is 0 Å². The van der Waals surface area contributed by atoms with Crippen LogP contribution in [0.5, 0.6) is 0 Å². The number of methoxy groups -OCH3 is 1. The van der Waals surface area contributed by atoms with E-state index in [1.165, 1.54) is 24.3 Å². The van der Waals surface area contributed by atoms with Crippen LogP contribution in [0.25, 0.3) is 0 Å². The highest BCUT2D eigenvalue weighted by atomic mass is 32.2. The van der Waals surface area contributed by atoms with E-state index in [4.69, 9.17) is 5.73 Å². The third kappa shape index (κ3) is 3.40. The van der Waals surface area contributed by atoms with Gasteiger partial charge in [-0.25, -0.2) is 17.8 Å². The fourth-order valence-electron chi connectivity index (χ4n) is 1.64. The summed E-state index contributed by atoms with van der Waals surface area (Å²) in [7, 11) is -0.751. The van der Waals surface area contributed by atoms with Crippen LogP contribution < -0.4 is 10.5 Å². The highest BCUT2D eigenvalue weighted by molar-refractivity contribution is 7.86. The Balaban J connectivity index is 2.26. The van der Waals surface area contributed by atoms with Gasteiger partial charge in [0.2, 0.25) is 0 Å². The number of hydrogen-bond acceptors (Lipinski definition) is 4. The van der Waals surface area contributed by atoms with E-state index in [0.717, 1.165) is 13.2 Å². The summed E-state index contributed by atoms with van der Waals surface area (Å²) in [5.74, 6) is -2.90. The van der Waals surface area contributed by atoms with Crippen molar-refractivity contribution in [3.05, 3.63) is 53.6 Å². The minimum Gasteiger partial charge on any atom is -0.465 e. The summed E-state index contributed by atoms with van der Waals surface area (Å²) in [6, 6.07) is 7.49. The number of rotatable bonds is 4. The van der Waals surface area contributed by atoms with Crippen molar-refractivity contribution in [2.45, 2.75) is 4.90 Å². The molecule has 0 amide bonds. The van der Waals surface area contributed by atoms with E-state index < -0.39 is 34.2 Å². The Morgan fingerprint density at radius 2 is 1.82 bits per heavy atom. The molecule has 0 fully saturated rings. The first-order valence-electron chi connectivity index (χ1n) is 6.03. The maximum absolute atomic E-state index is 13.9. The first-order chi connectivity index (χ1) is 10.4. The molecule has 0 radical (unpaired) electrons. The minimum atomic E-state index is -1.81. The SMILES string of the molecule is COC(=O)c1cc(F)c(NS(=O)c2ccc(N)cc2)cc1F. The fourth-order valence-corrected chi connectivity index (χ4v) is 2.50. The Bertz CT molecular complexity index is 736. The molecule has 2 aromatic rings. The molecule has 2 aromatic carbocycles. The lowest BCUT2D eigenvalue weighted by atomic mass is 10.2. The first-order valence-corrected chi connectivity index (χ1v) is 7.18. The molecule has 0 spiro atoms. The Labute approximate surface area is 127 Å². The molecule has 0 aromatic heterocycles. The maximum Gasteiger partial charge on any atom is 0.340 e. The van der Waals surface area contributed by atoms with E-state index in [1.807, 2.05) is 0 Å². The fraction of sp³-hybridized carbons (Fsp3) is 0.0714. The zero-order valence-corrected chi connectivity index (χ0v) is 12.2. The molecule has 0 saturated heterocycles. The Kier molecular flexibility index (Phi) is 4.71. The molecule has 0 bridgehead atoms. The van der Waals surface area contributed by atoms with Crippen molar-refractivity contribution in [3.63, 3.8) is 0 Å². The number of halogens is 2. The number of carbonyl (C=O) groups excluding carboxylic acids is 1. The summed E-state index contributed by atoms with van der Waals surface area (Å²) >= 11 is 0. The average molecular weight is 326 g/mol. The molecule has 22 heavy (non-hydrogen) atoms. The standard InChI is InChI=1S/C14H12F2N2O3S/c1-21-14(19)10-6-12(16)13(7-11(10)15)18-22(20)9-4-2-8(17)3-5-9/h2-7,18H,17H2,1H3. The quantitative estimate of drug-likeness (QED) is 0.668. The van der Waals surface area contributed by atoms with Crippen LogP contribution in [-0.4, -0.2) is 17.3 Å². The summed E-state index contributed by atoms with van der Waals surface area (Å²) in [6.07, 6.45) is 0. The molecule has 2 rings (SSSR count). The second-order valence-corrected chi connectivity index (χ2v) is 5.46. The van der Waals surface area contributed by atoms with Gasteiger partial charge in [0.25, 0.3) is 0 Å². The third-order valence-electron chi connectivity index (χ3n) is 2.76. The number of esters is 1. The van der Waals surface area contributed by atoms with E-state index >= 15 is 0 Å². The second-order valence-electron chi connectivity index (χ2n) is 4.24. The van der Waals surface area contributed by atoms with Gasteiger partial charge < -0.3 is 10.5 Å². The lowest BCUT2D eigenvalue weighted by Gasteiger charge is -2.09. The van der Waals surface area contributed by atoms with Crippen molar-refractivity contribution >= 4 is 28.3 Å². The monoisotopic (exact) mass is 326 g/mol. The van der Waals surface area contributed by atoms with Gasteiger partial charge in [-0.3, -0.25) is 4.72 Å². The predicted octanol–water partition coefficient (Wildman–Crippen LogP) is 2.47. The average Bonchev–Trinajstić information content (AvgIpc) is 2.50. The van der Waals surface area contributed by atoms with Gasteiger partial charge in [-0.05, 0) is 30.3 Å². The summed E-state index contributed by atoms with van der Waals surface area (Å²) < 4.78 is 46.3. The molecule has 8 heteroatoms. The normalized spacial score (nSPS) is 11.8. The van der Waals surface area contributed by atoms with E-state index in [1.54, 1.807) is 0 Å². The van der Waals surface area contributed by atoms with Crippen molar-refractivity contribution in [1.29, 1.82) is 0 Å². The van der Waals surface area contributed by atoms with Gasteiger partial charge in [-0.15, -0.1) is 0 Å². The number of nitrogens with one attached hydrogen (secondary N) is 1. The molecule has 0 heterocycles. The number of ether oxygens (including phenoxy) is 1. The van der Waals surface area contributed by atoms with E-state index in [2.05, 4.69) is 9.46 Å². The second kappa shape index (κ2) is 6.52. The van der Waals surface area contributed by atoms with Crippen LogP contribution >= 0.6 is 0 Å². The Morgan fingerprint density at radius 1 is 1.18 bits per heavy atom. The summed E-state index contributed by atoms with van der Waals surface area (Å²) in [5, 5.41) is 0. The van der Waals surface area contributed by atoms with Crippen molar-refractivity contribution < 1.29 is 22.5 Å². The molecule has 0 saturated carbocycles. The zero-order chi connectivity index (χ0) is 16.3. The minimum absolute atomic E-state index is 0.333. The van der Waals surface area contributed by atoms with Gasteiger partial charge in [0.1, 0.15) is 22.6 Å². The Hall–Kier alpha value is -2.48. The first kappa shape index (κ1) is 15.9. The van der Waals surface area contributed by atoms with Gasteiger partial charge in [-0.1, -0.05) is 0 Å². The Morgan fingerprint density at radius 3 is 2.41 bits per heavy atom. The van der Waals surface area contributed by atoms with Crippen molar-refractivity contribution in [2.75, 3.05) is 17.6 Å². The topological polar surface area (TPSA) is 81.4 Å². The van der Waals surface area contributed by atoms with Crippen LogP contribution in [0.2, 0.25) is 0 Å². The molecule has 0 aliphatic rings.